The van der Waals surface area contributed by atoms with Gasteiger partial charge in [-0.15, -0.1) is 0 Å². The summed E-state index contributed by atoms with van der Waals surface area (Å²) in [5, 5.41) is 4.76. The highest BCUT2D eigenvalue weighted by Gasteiger charge is 2.43. The summed E-state index contributed by atoms with van der Waals surface area (Å²) in [4.78, 5) is 16.0. The molecule has 4 aromatic rings. The molecule has 0 radical (unpaired) electrons. The van der Waals surface area contributed by atoms with Gasteiger partial charge in [-0.25, -0.2) is 21.6 Å². The van der Waals surface area contributed by atoms with E-state index in [0.717, 1.165) is 36.1 Å². The SMILES string of the molecule is COC(=O)c1c(N(S(=O)(=O)c2ccc(Cl)cc2)S(=O)(=O)c2ccc(Cl)cc2)c(-c2ccncc2)nn1C. The smallest absolute Gasteiger partial charge is 0.358 e. The lowest BCUT2D eigenvalue weighted by Gasteiger charge is -2.25. The van der Waals surface area contributed by atoms with Crippen molar-refractivity contribution in [2.45, 2.75) is 9.79 Å². The van der Waals surface area contributed by atoms with Crippen molar-refractivity contribution in [2.75, 3.05) is 10.8 Å². The first-order valence-corrected chi connectivity index (χ1v) is 14.0. The Morgan fingerprint density at radius 3 is 1.73 bits per heavy atom. The molecule has 0 spiro atoms. The predicted octanol–water partition coefficient (Wildman–Crippen LogP) is 4.16. The molecule has 0 atom stereocenters. The number of methoxy groups -OCH3 is 1. The van der Waals surface area contributed by atoms with Crippen LogP contribution in [0.4, 0.5) is 5.69 Å². The lowest BCUT2D eigenvalue weighted by Crippen LogP contribution is -2.38. The van der Waals surface area contributed by atoms with Crippen molar-refractivity contribution in [1.29, 1.82) is 0 Å². The van der Waals surface area contributed by atoms with E-state index in [0.29, 0.717) is 5.56 Å². The van der Waals surface area contributed by atoms with Crippen molar-refractivity contribution in [3.8, 4) is 11.3 Å². The van der Waals surface area contributed by atoms with E-state index in [9.17, 15) is 21.6 Å². The molecule has 0 unspecified atom stereocenters. The number of carbonyl (C=O) groups excluding carboxylic acids is 1. The van der Waals surface area contributed by atoms with E-state index in [2.05, 4.69) is 10.1 Å². The summed E-state index contributed by atoms with van der Waals surface area (Å²) in [6.45, 7) is 0. The molecule has 0 aliphatic heterocycles. The highest BCUT2D eigenvalue weighted by Crippen LogP contribution is 2.40. The van der Waals surface area contributed by atoms with Gasteiger partial charge in [-0.1, -0.05) is 23.2 Å². The molecule has 37 heavy (non-hydrogen) atoms. The topological polar surface area (TPSA) is 129 Å². The van der Waals surface area contributed by atoms with Gasteiger partial charge in [0.25, 0.3) is 20.0 Å². The van der Waals surface area contributed by atoms with E-state index in [4.69, 9.17) is 27.9 Å². The Kier molecular flexibility index (Phi) is 7.29. The number of halogens is 2. The summed E-state index contributed by atoms with van der Waals surface area (Å²) in [6, 6.07) is 12.8. The first-order valence-electron chi connectivity index (χ1n) is 10.4. The van der Waals surface area contributed by atoms with E-state index in [1.165, 1.54) is 55.8 Å². The summed E-state index contributed by atoms with van der Waals surface area (Å²) < 4.78 is 62.4. The zero-order valence-electron chi connectivity index (χ0n) is 19.2. The summed E-state index contributed by atoms with van der Waals surface area (Å²) >= 11 is 11.9. The molecular formula is C23H18Cl2N4O6S2. The number of aryl methyl sites for hydroxylation is 1. The van der Waals surface area contributed by atoms with Gasteiger partial charge in [-0.3, -0.25) is 9.67 Å². The average molecular weight is 581 g/mol. The van der Waals surface area contributed by atoms with Crippen LogP contribution in [0.3, 0.4) is 0 Å². The van der Waals surface area contributed by atoms with Crippen LogP contribution in [0, 0.1) is 0 Å². The molecular weight excluding hydrogens is 563 g/mol. The monoisotopic (exact) mass is 580 g/mol. The summed E-state index contributed by atoms with van der Waals surface area (Å²) in [5.74, 6) is -1.01. The zero-order valence-corrected chi connectivity index (χ0v) is 22.4. The molecule has 0 amide bonds. The molecule has 2 aromatic heterocycles. The second-order valence-electron chi connectivity index (χ2n) is 7.51. The second-order valence-corrected chi connectivity index (χ2v) is 12.2. The van der Waals surface area contributed by atoms with Crippen molar-refractivity contribution < 1.29 is 26.4 Å². The van der Waals surface area contributed by atoms with E-state index in [-0.39, 0.29) is 19.4 Å². The second kappa shape index (κ2) is 10.1. The number of rotatable bonds is 7. The van der Waals surface area contributed by atoms with Crippen LogP contribution in [0.2, 0.25) is 10.0 Å². The first-order chi connectivity index (χ1) is 17.5. The van der Waals surface area contributed by atoms with Crippen molar-refractivity contribution in [1.82, 2.24) is 14.8 Å². The highest BCUT2D eigenvalue weighted by molar-refractivity contribution is 8.10. The Hall–Kier alpha value is -3.45. The van der Waals surface area contributed by atoms with Crippen LogP contribution in [0.1, 0.15) is 10.5 Å². The fourth-order valence-electron chi connectivity index (χ4n) is 3.49. The first kappa shape index (κ1) is 26.6. The Morgan fingerprint density at radius 2 is 1.30 bits per heavy atom. The summed E-state index contributed by atoms with van der Waals surface area (Å²) in [6.07, 6.45) is 2.83. The highest BCUT2D eigenvalue weighted by atomic mass is 35.5. The third-order valence-electron chi connectivity index (χ3n) is 5.20. The standard InChI is InChI=1S/C23H18Cl2N4O6S2/c1-28-22(23(30)35-2)21(20(27-28)15-11-13-26-14-12-15)29(36(31,32)18-7-3-16(24)4-8-18)37(33,34)19-9-5-17(25)6-10-19/h3-14H,1-2H3. The van der Waals surface area contributed by atoms with E-state index in [1.54, 1.807) is 0 Å². The van der Waals surface area contributed by atoms with Crippen LogP contribution in [0.15, 0.2) is 82.8 Å². The molecule has 0 fully saturated rings. The Balaban J connectivity index is 2.14. The molecule has 0 N–H and O–H groups in total. The van der Waals surface area contributed by atoms with Crippen LogP contribution in [-0.4, -0.2) is 44.7 Å². The maximum Gasteiger partial charge on any atom is 0.358 e. The van der Waals surface area contributed by atoms with Crippen LogP contribution >= 0.6 is 23.2 Å². The number of pyridine rings is 1. The maximum absolute atomic E-state index is 14.1. The van der Waals surface area contributed by atoms with Crippen molar-refractivity contribution in [3.63, 3.8) is 0 Å². The van der Waals surface area contributed by atoms with Gasteiger partial charge < -0.3 is 4.74 Å². The number of hydrogen-bond acceptors (Lipinski definition) is 8. The minimum Gasteiger partial charge on any atom is -0.464 e. The minimum absolute atomic E-state index is 0.111. The molecule has 0 saturated carbocycles. The lowest BCUT2D eigenvalue weighted by atomic mass is 10.1. The molecule has 14 heteroatoms. The van der Waals surface area contributed by atoms with Crippen LogP contribution < -0.4 is 3.71 Å². The van der Waals surface area contributed by atoms with E-state index >= 15 is 0 Å². The van der Waals surface area contributed by atoms with Crippen LogP contribution in [-0.2, 0) is 31.8 Å². The lowest BCUT2D eigenvalue weighted by molar-refractivity contribution is 0.0589. The number of nitrogens with zero attached hydrogens (tertiary/aromatic N) is 4. The molecule has 192 valence electrons. The fourth-order valence-corrected chi connectivity index (χ4v) is 7.46. The molecule has 2 aromatic carbocycles. The normalized spacial score (nSPS) is 11.8. The molecule has 0 saturated heterocycles. The Labute approximate surface area is 223 Å². The van der Waals surface area contributed by atoms with Crippen LogP contribution in [0.25, 0.3) is 11.3 Å². The van der Waals surface area contributed by atoms with Crippen LogP contribution in [0.5, 0.6) is 0 Å². The third-order valence-corrected chi connectivity index (χ3v) is 9.85. The van der Waals surface area contributed by atoms with Gasteiger partial charge in [-0.2, -0.15) is 8.81 Å². The summed E-state index contributed by atoms with van der Waals surface area (Å²) in [7, 11) is -7.34. The van der Waals surface area contributed by atoms with E-state index in [1.807, 2.05) is 0 Å². The zero-order chi connectivity index (χ0) is 27.0. The Morgan fingerprint density at radius 1 is 0.838 bits per heavy atom. The number of ether oxygens (including phenoxy) is 1. The van der Waals surface area contributed by atoms with Gasteiger partial charge >= 0.3 is 5.97 Å². The number of anilines is 1. The van der Waals surface area contributed by atoms with Gasteiger partial charge in [-0.05, 0) is 60.7 Å². The van der Waals surface area contributed by atoms with Crippen molar-refractivity contribution >= 4 is 54.9 Å². The van der Waals surface area contributed by atoms with Gasteiger partial charge in [0.15, 0.2) is 5.69 Å². The number of hydrogen-bond donors (Lipinski definition) is 0. The quantitative estimate of drug-likeness (QED) is 0.298. The molecule has 4 rings (SSSR count). The molecule has 0 bridgehead atoms. The van der Waals surface area contributed by atoms with Gasteiger partial charge in [0.1, 0.15) is 11.4 Å². The Bertz CT molecular complexity index is 1600. The van der Waals surface area contributed by atoms with Gasteiger partial charge in [0.05, 0.1) is 16.9 Å². The third kappa shape index (κ3) is 4.92. The predicted molar refractivity (Wildman–Crippen MR) is 138 cm³/mol. The number of aromatic nitrogens is 3. The molecule has 10 nitrogen and oxygen atoms in total. The van der Waals surface area contributed by atoms with Crippen molar-refractivity contribution in [2.24, 2.45) is 7.05 Å². The summed E-state index contributed by atoms with van der Waals surface area (Å²) in [5.41, 5.74) is -0.742. The molecule has 0 aliphatic carbocycles. The van der Waals surface area contributed by atoms with Gasteiger partial charge in [0, 0.05) is 35.1 Å². The molecule has 2 heterocycles. The number of sulfonamides is 2. The number of benzene rings is 2. The molecule has 0 aliphatic rings. The largest absolute Gasteiger partial charge is 0.464 e. The van der Waals surface area contributed by atoms with Gasteiger partial charge in [0.2, 0.25) is 0 Å². The number of esters is 1. The minimum atomic E-state index is -4.89. The maximum atomic E-state index is 14.1. The number of carbonyl (C=O) groups is 1. The van der Waals surface area contributed by atoms with E-state index < -0.39 is 47.2 Å². The van der Waals surface area contributed by atoms with Crippen molar-refractivity contribution in [3.05, 3.63) is 88.8 Å². The average Bonchev–Trinajstić information content (AvgIpc) is 3.20. The fraction of sp³-hybridized carbons (Fsp3) is 0.0870.